The first-order valence-corrected chi connectivity index (χ1v) is 7.74. The Balaban J connectivity index is 2.30. The summed E-state index contributed by atoms with van der Waals surface area (Å²) in [5.74, 6) is 0. The van der Waals surface area contributed by atoms with Crippen LogP contribution in [0.3, 0.4) is 0 Å². The van der Waals surface area contributed by atoms with Crippen LogP contribution >= 0.6 is 15.9 Å². The maximum atomic E-state index is 4.61. The summed E-state index contributed by atoms with van der Waals surface area (Å²) in [6, 6.07) is 2.67. The smallest absolute Gasteiger partial charge is 0.0762 e. The highest BCUT2D eigenvalue weighted by atomic mass is 79.9. The van der Waals surface area contributed by atoms with Crippen molar-refractivity contribution in [3.8, 4) is 0 Å². The molecule has 1 aromatic heterocycles. The molecule has 0 aliphatic heterocycles. The molecule has 1 heterocycles. The maximum Gasteiger partial charge on any atom is 0.0762 e. The standard InChI is InChI=1S/C13H24BrN3/c1-3-13(4-2)17-10-7-12(16-17)11-15-9-6-5-8-14/h7,10,13,15H,3-6,8-9,11H2,1-2H3. The number of halogens is 1. The molecular weight excluding hydrogens is 278 g/mol. The summed E-state index contributed by atoms with van der Waals surface area (Å²) in [7, 11) is 0. The predicted octanol–water partition coefficient (Wildman–Crippen LogP) is 3.51. The zero-order valence-corrected chi connectivity index (χ0v) is 12.5. The van der Waals surface area contributed by atoms with E-state index < -0.39 is 0 Å². The largest absolute Gasteiger partial charge is 0.311 e. The predicted molar refractivity (Wildman–Crippen MR) is 76.6 cm³/mol. The molecule has 0 unspecified atom stereocenters. The van der Waals surface area contributed by atoms with E-state index in [1.54, 1.807) is 0 Å². The van der Waals surface area contributed by atoms with Crippen molar-refractivity contribution >= 4 is 15.9 Å². The minimum absolute atomic E-state index is 0.553. The third kappa shape index (κ3) is 5.21. The normalized spacial score (nSPS) is 11.3. The molecule has 1 N–H and O–H groups in total. The van der Waals surface area contributed by atoms with Crippen LogP contribution in [0, 0.1) is 0 Å². The lowest BCUT2D eigenvalue weighted by Gasteiger charge is -2.12. The molecule has 0 atom stereocenters. The van der Waals surface area contributed by atoms with Crippen molar-refractivity contribution in [2.45, 2.75) is 52.1 Å². The number of nitrogens with one attached hydrogen (secondary N) is 1. The van der Waals surface area contributed by atoms with Gasteiger partial charge in [0.25, 0.3) is 0 Å². The molecule has 0 saturated heterocycles. The second-order valence-corrected chi connectivity index (χ2v) is 5.12. The maximum absolute atomic E-state index is 4.61. The molecule has 4 heteroatoms. The van der Waals surface area contributed by atoms with E-state index in [-0.39, 0.29) is 0 Å². The highest BCUT2D eigenvalue weighted by molar-refractivity contribution is 9.09. The molecule has 1 aromatic rings. The summed E-state index contributed by atoms with van der Waals surface area (Å²) in [6.07, 6.45) is 6.85. The van der Waals surface area contributed by atoms with Gasteiger partial charge >= 0.3 is 0 Å². The summed E-state index contributed by atoms with van der Waals surface area (Å²) in [5.41, 5.74) is 1.15. The monoisotopic (exact) mass is 301 g/mol. The molecule has 0 aromatic carbocycles. The van der Waals surface area contributed by atoms with Crippen LogP contribution < -0.4 is 5.32 Å². The van der Waals surface area contributed by atoms with Gasteiger partial charge in [-0.25, -0.2) is 0 Å². The molecule has 0 saturated carbocycles. The Kier molecular flexibility index (Phi) is 7.53. The SMILES string of the molecule is CCC(CC)n1ccc(CNCCCCBr)n1. The molecule has 17 heavy (non-hydrogen) atoms. The van der Waals surface area contributed by atoms with E-state index in [9.17, 15) is 0 Å². The van der Waals surface area contributed by atoms with E-state index in [4.69, 9.17) is 0 Å². The van der Waals surface area contributed by atoms with Crippen LogP contribution in [0.4, 0.5) is 0 Å². The Labute approximate surface area is 113 Å². The van der Waals surface area contributed by atoms with Crippen molar-refractivity contribution in [3.05, 3.63) is 18.0 Å². The first-order valence-electron chi connectivity index (χ1n) is 6.62. The Hall–Kier alpha value is -0.350. The molecule has 98 valence electrons. The number of aromatic nitrogens is 2. The van der Waals surface area contributed by atoms with Gasteiger partial charge in [-0.05, 0) is 38.3 Å². The quantitative estimate of drug-likeness (QED) is 0.559. The molecule has 0 amide bonds. The Morgan fingerprint density at radius 2 is 2.12 bits per heavy atom. The Morgan fingerprint density at radius 3 is 2.76 bits per heavy atom. The lowest BCUT2D eigenvalue weighted by molar-refractivity contribution is 0.424. The van der Waals surface area contributed by atoms with Gasteiger partial charge in [-0.1, -0.05) is 29.8 Å². The summed E-state index contributed by atoms with van der Waals surface area (Å²) in [4.78, 5) is 0. The number of unbranched alkanes of at least 4 members (excludes halogenated alkanes) is 1. The lowest BCUT2D eigenvalue weighted by Crippen LogP contribution is -2.16. The molecule has 0 fully saturated rings. The van der Waals surface area contributed by atoms with Gasteiger partial charge in [0.2, 0.25) is 0 Å². The van der Waals surface area contributed by atoms with Crippen LogP contribution in [0.2, 0.25) is 0 Å². The zero-order valence-electron chi connectivity index (χ0n) is 11.0. The van der Waals surface area contributed by atoms with E-state index in [0.717, 1.165) is 37.0 Å². The Morgan fingerprint density at radius 1 is 1.35 bits per heavy atom. The molecule has 0 radical (unpaired) electrons. The van der Waals surface area contributed by atoms with Gasteiger partial charge < -0.3 is 5.32 Å². The fraction of sp³-hybridized carbons (Fsp3) is 0.769. The fourth-order valence-electron chi connectivity index (χ4n) is 1.90. The lowest BCUT2D eigenvalue weighted by atomic mass is 10.2. The third-order valence-electron chi connectivity index (χ3n) is 3.02. The van der Waals surface area contributed by atoms with Crippen LogP contribution in [0.15, 0.2) is 12.3 Å². The van der Waals surface area contributed by atoms with Crippen LogP contribution in [0.25, 0.3) is 0 Å². The second-order valence-electron chi connectivity index (χ2n) is 4.33. The fourth-order valence-corrected chi connectivity index (χ4v) is 2.30. The number of nitrogens with zero attached hydrogens (tertiary/aromatic N) is 2. The minimum atomic E-state index is 0.553. The average molecular weight is 302 g/mol. The average Bonchev–Trinajstić information content (AvgIpc) is 2.79. The summed E-state index contributed by atoms with van der Waals surface area (Å²) in [5, 5.41) is 9.14. The van der Waals surface area contributed by atoms with E-state index in [1.807, 2.05) is 0 Å². The van der Waals surface area contributed by atoms with E-state index in [1.165, 1.54) is 12.8 Å². The second kappa shape index (κ2) is 8.70. The molecule has 0 aliphatic carbocycles. The van der Waals surface area contributed by atoms with E-state index >= 15 is 0 Å². The highest BCUT2D eigenvalue weighted by Crippen LogP contribution is 2.14. The first kappa shape index (κ1) is 14.7. The minimum Gasteiger partial charge on any atom is -0.311 e. The molecule has 0 aliphatic rings. The van der Waals surface area contributed by atoms with Crippen LogP contribution in [-0.2, 0) is 6.54 Å². The van der Waals surface area contributed by atoms with Gasteiger partial charge in [-0.15, -0.1) is 0 Å². The third-order valence-corrected chi connectivity index (χ3v) is 3.58. The van der Waals surface area contributed by atoms with Crippen molar-refractivity contribution in [1.29, 1.82) is 0 Å². The Bertz CT molecular complexity index is 295. The molecule has 0 spiro atoms. The topological polar surface area (TPSA) is 29.9 Å². The van der Waals surface area contributed by atoms with Crippen LogP contribution in [-0.4, -0.2) is 21.7 Å². The van der Waals surface area contributed by atoms with Gasteiger partial charge in [-0.3, -0.25) is 4.68 Å². The first-order chi connectivity index (χ1) is 8.31. The van der Waals surface area contributed by atoms with Crippen molar-refractivity contribution < 1.29 is 0 Å². The summed E-state index contributed by atoms with van der Waals surface area (Å²) < 4.78 is 2.11. The van der Waals surface area contributed by atoms with Crippen LogP contribution in [0.5, 0.6) is 0 Å². The molecule has 1 rings (SSSR count). The highest BCUT2D eigenvalue weighted by Gasteiger charge is 2.07. The van der Waals surface area contributed by atoms with Gasteiger partial charge in [-0.2, -0.15) is 5.10 Å². The van der Waals surface area contributed by atoms with Gasteiger partial charge in [0, 0.05) is 18.1 Å². The molecule has 3 nitrogen and oxygen atoms in total. The number of hydrogen-bond acceptors (Lipinski definition) is 2. The summed E-state index contributed by atoms with van der Waals surface area (Å²) in [6.45, 7) is 6.39. The number of rotatable bonds is 9. The number of hydrogen-bond donors (Lipinski definition) is 1. The van der Waals surface area contributed by atoms with Crippen molar-refractivity contribution in [2.24, 2.45) is 0 Å². The molecule has 0 bridgehead atoms. The van der Waals surface area contributed by atoms with Gasteiger partial charge in [0.15, 0.2) is 0 Å². The van der Waals surface area contributed by atoms with Crippen molar-refractivity contribution in [2.75, 3.05) is 11.9 Å². The van der Waals surface area contributed by atoms with E-state index in [2.05, 4.69) is 57.1 Å². The van der Waals surface area contributed by atoms with E-state index in [0.29, 0.717) is 6.04 Å². The van der Waals surface area contributed by atoms with Gasteiger partial charge in [0.1, 0.15) is 0 Å². The van der Waals surface area contributed by atoms with Crippen molar-refractivity contribution in [1.82, 2.24) is 15.1 Å². The number of alkyl halides is 1. The summed E-state index contributed by atoms with van der Waals surface area (Å²) >= 11 is 3.44. The molecular formula is C13H24BrN3. The van der Waals surface area contributed by atoms with Crippen LogP contribution in [0.1, 0.15) is 51.3 Å². The van der Waals surface area contributed by atoms with Crippen molar-refractivity contribution in [3.63, 3.8) is 0 Å². The zero-order chi connectivity index (χ0) is 12.5. The van der Waals surface area contributed by atoms with Gasteiger partial charge in [0.05, 0.1) is 11.7 Å².